The fourth-order valence-electron chi connectivity index (χ4n) is 2.81. The van der Waals surface area contributed by atoms with Gasteiger partial charge in [0.05, 0.1) is 5.56 Å². The molecular weight excluding hydrogens is 341 g/mol. The normalized spacial score (nSPS) is 10.5. The number of pyridine rings is 1. The standard InChI is InChI=1S/C22H22FN3O/c1-15-7-9-20(16(2)13-15)26-22(27)18-8-10-21(25-14-18)24-12-11-17-5-3-4-6-19(17)23/h3-10,13-14H,11-12H2,1-2H3,(H,24,25)(H,26,27). The van der Waals surface area contributed by atoms with Gasteiger partial charge in [-0.25, -0.2) is 9.37 Å². The van der Waals surface area contributed by atoms with Crippen molar-refractivity contribution in [2.75, 3.05) is 17.2 Å². The predicted molar refractivity (Wildman–Crippen MR) is 107 cm³/mol. The number of rotatable bonds is 6. The maximum Gasteiger partial charge on any atom is 0.257 e. The summed E-state index contributed by atoms with van der Waals surface area (Å²) >= 11 is 0. The van der Waals surface area contributed by atoms with Gasteiger partial charge in [0.2, 0.25) is 0 Å². The first kappa shape index (κ1) is 18.6. The highest BCUT2D eigenvalue weighted by Gasteiger charge is 2.08. The van der Waals surface area contributed by atoms with Gasteiger partial charge in [0.1, 0.15) is 11.6 Å². The number of nitrogens with zero attached hydrogens (tertiary/aromatic N) is 1. The minimum absolute atomic E-state index is 0.202. The van der Waals surface area contributed by atoms with Crippen molar-refractivity contribution in [1.29, 1.82) is 0 Å². The van der Waals surface area contributed by atoms with Crippen LogP contribution in [-0.2, 0) is 6.42 Å². The SMILES string of the molecule is Cc1ccc(NC(=O)c2ccc(NCCc3ccccc3F)nc2)c(C)c1. The van der Waals surface area contributed by atoms with Crippen molar-refractivity contribution in [2.24, 2.45) is 0 Å². The first-order chi connectivity index (χ1) is 13.0. The summed E-state index contributed by atoms with van der Waals surface area (Å²) in [7, 11) is 0. The molecular formula is C22H22FN3O. The van der Waals surface area contributed by atoms with E-state index in [4.69, 9.17) is 0 Å². The molecule has 1 heterocycles. The zero-order valence-electron chi connectivity index (χ0n) is 15.4. The number of anilines is 2. The topological polar surface area (TPSA) is 54.0 Å². The molecule has 0 fully saturated rings. The molecule has 2 aromatic carbocycles. The third kappa shape index (κ3) is 4.91. The Kier molecular flexibility index (Phi) is 5.81. The van der Waals surface area contributed by atoms with E-state index in [9.17, 15) is 9.18 Å². The van der Waals surface area contributed by atoms with Crippen molar-refractivity contribution in [3.05, 3.63) is 88.9 Å². The molecule has 0 saturated carbocycles. The molecule has 0 bridgehead atoms. The van der Waals surface area contributed by atoms with Crippen molar-refractivity contribution in [3.8, 4) is 0 Å². The second-order valence-electron chi connectivity index (χ2n) is 6.47. The molecule has 5 heteroatoms. The van der Waals surface area contributed by atoms with E-state index in [1.165, 1.54) is 12.3 Å². The summed E-state index contributed by atoms with van der Waals surface area (Å²) in [5.41, 5.74) is 4.10. The van der Waals surface area contributed by atoms with Crippen molar-refractivity contribution in [2.45, 2.75) is 20.3 Å². The van der Waals surface area contributed by atoms with Crippen molar-refractivity contribution >= 4 is 17.4 Å². The van der Waals surface area contributed by atoms with Gasteiger partial charge in [-0.05, 0) is 55.7 Å². The number of halogens is 1. The lowest BCUT2D eigenvalue weighted by Gasteiger charge is -2.10. The molecule has 2 N–H and O–H groups in total. The predicted octanol–water partition coefficient (Wildman–Crippen LogP) is 4.74. The van der Waals surface area contributed by atoms with E-state index in [1.807, 2.05) is 38.1 Å². The van der Waals surface area contributed by atoms with Gasteiger partial charge in [-0.3, -0.25) is 4.79 Å². The molecule has 138 valence electrons. The average molecular weight is 363 g/mol. The maximum atomic E-state index is 13.6. The largest absolute Gasteiger partial charge is 0.370 e. The highest BCUT2D eigenvalue weighted by Crippen LogP contribution is 2.17. The molecule has 1 amide bonds. The quantitative estimate of drug-likeness (QED) is 0.665. The monoisotopic (exact) mass is 363 g/mol. The van der Waals surface area contributed by atoms with E-state index in [1.54, 1.807) is 24.3 Å². The number of hydrogen-bond acceptors (Lipinski definition) is 3. The first-order valence-electron chi connectivity index (χ1n) is 8.85. The molecule has 0 aliphatic heterocycles. The zero-order chi connectivity index (χ0) is 19.2. The van der Waals surface area contributed by atoms with E-state index >= 15 is 0 Å². The van der Waals surface area contributed by atoms with E-state index in [-0.39, 0.29) is 11.7 Å². The summed E-state index contributed by atoms with van der Waals surface area (Å²) in [5, 5.41) is 6.05. The van der Waals surface area contributed by atoms with Crippen LogP contribution in [0.3, 0.4) is 0 Å². The van der Waals surface area contributed by atoms with Crippen LogP contribution in [0.15, 0.2) is 60.8 Å². The van der Waals surface area contributed by atoms with Crippen LogP contribution in [0.25, 0.3) is 0 Å². The van der Waals surface area contributed by atoms with Gasteiger partial charge in [0, 0.05) is 18.4 Å². The Labute approximate surface area is 158 Å². The van der Waals surface area contributed by atoms with Crippen molar-refractivity contribution < 1.29 is 9.18 Å². The van der Waals surface area contributed by atoms with Crippen LogP contribution < -0.4 is 10.6 Å². The molecule has 0 radical (unpaired) electrons. The van der Waals surface area contributed by atoms with Gasteiger partial charge in [-0.2, -0.15) is 0 Å². The smallest absolute Gasteiger partial charge is 0.257 e. The highest BCUT2D eigenvalue weighted by atomic mass is 19.1. The number of benzene rings is 2. The van der Waals surface area contributed by atoms with E-state index in [0.717, 1.165) is 16.8 Å². The Hall–Kier alpha value is -3.21. The third-order valence-corrected chi connectivity index (χ3v) is 4.31. The summed E-state index contributed by atoms with van der Waals surface area (Å²) < 4.78 is 13.6. The number of aryl methyl sites for hydroxylation is 2. The van der Waals surface area contributed by atoms with Gasteiger partial charge in [-0.1, -0.05) is 35.9 Å². The van der Waals surface area contributed by atoms with Crippen LogP contribution in [0, 0.1) is 19.7 Å². The van der Waals surface area contributed by atoms with Gasteiger partial charge in [-0.15, -0.1) is 0 Å². The number of carbonyl (C=O) groups excluding carboxylic acids is 1. The van der Waals surface area contributed by atoms with Crippen LogP contribution >= 0.6 is 0 Å². The van der Waals surface area contributed by atoms with Crippen molar-refractivity contribution in [3.63, 3.8) is 0 Å². The summed E-state index contributed by atoms with van der Waals surface area (Å²) in [6.07, 6.45) is 2.09. The van der Waals surface area contributed by atoms with E-state index < -0.39 is 0 Å². The summed E-state index contributed by atoms with van der Waals surface area (Å²) in [6, 6.07) is 16.1. The van der Waals surface area contributed by atoms with Crippen molar-refractivity contribution in [1.82, 2.24) is 4.98 Å². The molecule has 0 unspecified atom stereocenters. The molecule has 1 aromatic heterocycles. The number of nitrogens with one attached hydrogen (secondary N) is 2. The number of aromatic nitrogens is 1. The molecule has 3 aromatic rings. The number of carbonyl (C=O) groups is 1. The Bertz CT molecular complexity index is 939. The van der Waals surface area contributed by atoms with Crippen LogP contribution in [0.5, 0.6) is 0 Å². The first-order valence-corrected chi connectivity index (χ1v) is 8.85. The van der Waals surface area contributed by atoms with Crippen LogP contribution in [-0.4, -0.2) is 17.4 Å². The second-order valence-corrected chi connectivity index (χ2v) is 6.47. The van der Waals surface area contributed by atoms with Gasteiger partial charge in [0.15, 0.2) is 0 Å². The van der Waals surface area contributed by atoms with Gasteiger partial charge < -0.3 is 10.6 Å². The molecule has 0 atom stereocenters. The Balaban J connectivity index is 1.56. The summed E-state index contributed by atoms with van der Waals surface area (Å²) in [6.45, 7) is 4.53. The van der Waals surface area contributed by atoms with E-state index in [2.05, 4.69) is 15.6 Å². The Morgan fingerprint density at radius 1 is 1.07 bits per heavy atom. The summed E-state index contributed by atoms with van der Waals surface area (Å²) in [4.78, 5) is 16.7. The van der Waals surface area contributed by atoms with E-state index in [0.29, 0.717) is 29.9 Å². The maximum absolute atomic E-state index is 13.6. The molecule has 0 spiro atoms. The van der Waals surface area contributed by atoms with Crippen LogP contribution in [0.2, 0.25) is 0 Å². The summed E-state index contributed by atoms with van der Waals surface area (Å²) in [5.74, 6) is 0.243. The van der Waals surface area contributed by atoms with Crippen LogP contribution in [0.4, 0.5) is 15.9 Å². The Morgan fingerprint density at radius 3 is 2.59 bits per heavy atom. The molecule has 0 saturated heterocycles. The molecule has 27 heavy (non-hydrogen) atoms. The lowest BCUT2D eigenvalue weighted by molar-refractivity contribution is 0.102. The molecule has 3 rings (SSSR count). The van der Waals surface area contributed by atoms with Gasteiger partial charge in [0.25, 0.3) is 5.91 Å². The fourth-order valence-corrected chi connectivity index (χ4v) is 2.81. The number of amides is 1. The lowest BCUT2D eigenvalue weighted by Crippen LogP contribution is -2.14. The minimum atomic E-state index is -0.203. The second kappa shape index (κ2) is 8.45. The fraction of sp³-hybridized carbons (Fsp3) is 0.182. The van der Waals surface area contributed by atoms with Gasteiger partial charge >= 0.3 is 0 Å². The Morgan fingerprint density at radius 2 is 1.89 bits per heavy atom. The zero-order valence-corrected chi connectivity index (χ0v) is 15.4. The highest BCUT2D eigenvalue weighted by molar-refractivity contribution is 6.04. The number of hydrogen-bond donors (Lipinski definition) is 2. The molecule has 0 aliphatic rings. The van der Waals surface area contributed by atoms with Crippen LogP contribution in [0.1, 0.15) is 27.0 Å². The average Bonchev–Trinajstić information content (AvgIpc) is 2.66. The minimum Gasteiger partial charge on any atom is -0.370 e. The third-order valence-electron chi connectivity index (χ3n) is 4.31. The lowest BCUT2D eigenvalue weighted by atomic mass is 10.1. The molecule has 0 aliphatic carbocycles. The molecule has 4 nitrogen and oxygen atoms in total.